The van der Waals surface area contributed by atoms with Gasteiger partial charge in [0.25, 0.3) is 0 Å². The normalized spacial score (nSPS) is 14.2. The first-order valence-electron chi connectivity index (χ1n) is 18.6. The molecule has 0 amide bonds. The highest BCUT2D eigenvalue weighted by Crippen LogP contribution is 2.46. The van der Waals surface area contributed by atoms with Crippen LogP contribution in [0.3, 0.4) is 0 Å². The van der Waals surface area contributed by atoms with Crippen molar-refractivity contribution >= 4 is 53.9 Å². The van der Waals surface area contributed by atoms with E-state index in [0.717, 1.165) is 43.4 Å². The predicted octanol–water partition coefficient (Wildman–Crippen LogP) is 12.5. The highest BCUT2D eigenvalue weighted by molar-refractivity contribution is 6.25. The zero-order valence-electron chi connectivity index (χ0n) is 31.5. The maximum Gasteiger partial charge on any atom is 0.0629 e. The molecule has 0 aromatic heterocycles. The molecule has 204 valence electrons. The second-order valence-electron chi connectivity index (χ2n) is 11.1. The molecule has 9 aromatic carbocycles. The van der Waals surface area contributed by atoms with Crippen LogP contribution < -0.4 is 0 Å². The molecule has 0 nitrogen and oxygen atoms in total. The Bertz CT molecular complexity index is 2900. The standard InChI is InChI=1S/C44H28/c1-2-12-32-27-33(26-23-29(32)11-1)30-21-24-31(25-22-30)43-38-17-7-9-19-40(38)44(41-20-10-8-18-39(41)43)42-28-34-13-3-4-14-35(34)36-15-5-6-16-37(36)42/h1-28H/i7D,8D,9D,10D,17D,18D,19D,20D. The van der Waals surface area contributed by atoms with Gasteiger partial charge in [-0.2, -0.15) is 0 Å². The van der Waals surface area contributed by atoms with Crippen LogP contribution in [-0.2, 0) is 0 Å². The number of fused-ring (bicyclic) bond motifs is 6. The van der Waals surface area contributed by atoms with Gasteiger partial charge >= 0.3 is 0 Å². The minimum Gasteiger partial charge on any atom is -0.0616 e. The molecule has 9 rings (SSSR count). The van der Waals surface area contributed by atoms with Crippen LogP contribution in [0.5, 0.6) is 0 Å². The highest BCUT2D eigenvalue weighted by atomic mass is 14.2. The summed E-state index contributed by atoms with van der Waals surface area (Å²) in [4.78, 5) is 0. The molecule has 0 fully saturated rings. The van der Waals surface area contributed by atoms with Crippen molar-refractivity contribution in [2.75, 3.05) is 0 Å². The predicted molar refractivity (Wildman–Crippen MR) is 190 cm³/mol. The van der Waals surface area contributed by atoms with Crippen molar-refractivity contribution < 1.29 is 11.0 Å². The lowest BCUT2D eigenvalue weighted by Gasteiger charge is -2.19. The summed E-state index contributed by atoms with van der Waals surface area (Å²) in [6.07, 6.45) is 0. The molecule has 0 aliphatic heterocycles. The third-order valence-corrected chi connectivity index (χ3v) is 8.67. The van der Waals surface area contributed by atoms with Crippen molar-refractivity contribution in [1.29, 1.82) is 0 Å². The Labute approximate surface area is 267 Å². The first-order valence-corrected chi connectivity index (χ1v) is 14.6. The van der Waals surface area contributed by atoms with E-state index in [4.69, 9.17) is 5.48 Å². The number of hydrogen-bond acceptors (Lipinski definition) is 0. The lowest BCUT2D eigenvalue weighted by atomic mass is 9.83. The molecule has 0 spiro atoms. The van der Waals surface area contributed by atoms with Crippen LogP contribution in [0.2, 0.25) is 0 Å². The molecule has 0 radical (unpaired) electrons. The molecule has 0 bridgehead atoms. The third-order valence-electron chi connectivity index (χ3n) is 8.67. The van der Waals surface area contributed by atoms with E-state index in [1.807, 2.05) is 91.0 Å². The molecular formula is C44H28. The molecule has 0 N–H and O–H groups in total. The average molecular weight is 565 g/mol. The topological polar surface area (TPSA) is 0 Å². The van der Waals surface area contributed by atoms with Gasteiger partial charge in [-0.1, -0.05) is 158 Å². The summed E-state index contributed by atoms with van der Waals surface area (Å²) < 4.78 is 72.6. The van der Waals surface area contributed by atoms with Crippen molar-refractivity contribution in [3.8, 4) is 33.4 Å². The van der Waals surface area contributed by atoms with Gasteiger partial charge in [0.1, 0.15) is 0 Å². The second kappa shape index (κ2) is 9.93. The van der Waals surface area contributed by atoms with E-state index in [2.05, 4.69) is 30.3 Å². The Morgan fingerprint density at radius 3 is 1.50 bits per heavy atom. The lowest BCUT2D eigenvalue weighted by Crippen LogP contribution is -1.92. The first-order chi connectivity index (χ1) is 25.2. The SMILES string of the molecule is [2H]c1c([2H])c([2H])c2c(-c3cc4ccccc4c4ccccc34)c3c([2H])c([2H])c([2H])c([2H])c3c(-c3ccc(-c4ccc5ccccc5c4)cc3)c2c1[2H]. The summed E-state index contributed by atoms with van der Waals surface area (Å²) in [5.74, 6) is 0. The highest BCUT2D eigenvalue weighted by Gasteiger charge is 2.18. The van der Waals surface area contributed by atoms with Crippen LogP contribution in [0.25, 0.3) is 87.2 Å². The third kappa shape index (κ3) is 3.85. The maximum atomic E-state index is 9.37. The molecule has 9 aromatic rings. The fourth-order valence-electron chi connectivity index (χ4n) is 6.64. The molecule has 44 heavy (non-hydrogen) atoms. The minimum atomic E-state index is -0.416. The van der Waals surface area contributed by atoms with Gasteiger partial charge in [0.05, 0.1) is 11.0 Å². The van der Waals surface area contributed by atoms with Gasteiger partial charge in [-0.05, 0) is 99.4 Å². The van der Waals surface area contributed by atoms with Crippen LogP contribution in [0.4, 0.5) is 0 Å². The van der Waals surface area contributed by atoms with E-state index in [-0.39, 0.29) is 45.7 Å². The van der Waals surface area contributed by atoms with Crippen LogP contribution >= 0.6 is 0 Å². The molecule has 0 heteroatoms. The number of benzene rings is 9. The van der Waals surface area contributed by atoms with Gasteiger partial charge in [0, 0.05) is 0 Å². The molecular weight excluding hydrogens is 528 g/mol. The van der Waals surface area contributed by atoms with Crippen molar-refractivity contribution in [3.63, 3.8) is 0 Å². The lowest BCUT2D eigenvalue weighted by molar-refractivity contribution is 1.63. The number of hydrogen-bond donors (Lipinski definition) is 0. The van der Waals surface area contributed by atoms with E-state index >= 15 is 0 Å². The van der Waals surface area contributed by atoms with Crippen molar-refractivity contribution in [3.05, 3.63) is 170 Å². The first kappa shape index (κ1) is 18.1. The van der Waals surface area contributed by atoms with Crippen LogP contribution in [-0.4, -0.2) is 0 Å². The summed E-state index contributed by atoms with van der Waals surface area (Å²) in [6, 6.07) is 36.9. The minimum absolute atomic E-state index is 0.203. The van der Waals surface area contributed by atoms with Crippen LogP contribution in [0, 0.1) is 0 Å². The fraction of sp³-hybridized carbons (Fsp3) is 0. The Hall–Kier alpha value is -5.72. The van der Waals surface area contributed by atoms with Gasteiger partial charge in [-0.25, -0.2) is 0 Å². The van der Waals surface area contributed by atoms with Gasteiger partial charge in [-0.3, -0.25) is 0 Å². The summed E-state index contributed by atoms with van der Waals surface area (Å²) in [6.45, 7) is 0. The smallest absolute Gasteiger partial charge is 0.0616 e. The van der Waals surface area contributed by atoms with Gasteiger partial charge < -0.3 is 0 Å². The average Bonchev–Trinajstić information content (AvgIpc) is 3.19. The molecule has 0 unspecified atom stereocenters. The van der Waals surface area contributed by atoms with E-state index in [0.29, 0.717) is 22.3 Å². The Morgan fingerprint density at radius 1 is 0.318 bits per heavy atom. The van der Waals surface area contributed by atoms with Crippen molar-refractivity contribution in [1.82, 2.24) is 0 Å². The van der Waals surface area contributed by atoms with E-state index < -0.39 is 24.2 Å². The molecule has 0 saturated heterocycles. The maximum absolute atomic E-state index is 9.37. The van der Waals surface area contributed by atoms with Crippen LogP contribution in [0.15, 0.2) is 170 Å². The molecule has 0 aliphatic carbocycles. The van der Waals surface area contributed by atoms with Crippen molar-refractivity contribution in [2.45, 2.75) is 0 Å². The summed E-state index contributed by atoms with van der Waals surface area (Å²) in [7, 11) is 0. The second-order valence-corrected chi connectivity index (χ2v) is 11.1. The quantitative estimate of drug-likeness (QED) is 0.148. The largest absolute Gasteiger partial charge is 0.0629 e. The van der Waals surface area contributed by atoms with Crippen LogP contribution in [0.1, 0.15) is 11.0 Å². The number of rotatable bonds is 3. The van der Waals surface area contributed by atoms with Gasteiger partial charge in [0.2, 0.25) is 0 Å². The fourth-order valence-corrected chi connectivity index (χ4v) is 6.64. The molecule has 0 heterocycles. The van der Waals surface area contributed by atoms with E-state index in [9.17, 15) is 5.48 Å². The molecule has 0 aliphatic rings. The zero-order chi connectivity index (χ0) is 36.0. The summed E-state index contributed by atoms with van der Waals surface area (Å²) in [5, 5.41) is 6.67. The van der Waals surface area contributed by atoms with E-state index in [1.165, 1.54) is 0 Å². The Kier molecular flexibility index (Phi) is 4.08. The zero-order valence-corrected chi connectivity index (χ0v) is 23.5. The van der Waals surface area contributed by atoms with Crippen molar-refractivity contribution in [2.24, 2.45) is 0 Å². The monoisotopic (exact) mass is 564 g/mol. The summed E-state index contributed by atoms with van der Waals surface area (Å²) in [5.41, 5.74) is 3.82. The Balaban J connectivity index is 1.46. The summed E-state index contributed by atoms with van der Waals surface area (Å²) >= 11 is 0. The van der Waals surface area contributed by atoms with Gasteiger partial charge in [-0.15, -0.1) is 0 Å². The molecule has 0 atom stereocenters. The van der Waals surface area contributed by atoms with E-state index in [1.54, 1.807) is 0 Å². The Morgan fingerprint density at radius 2 is 0.818 bits per heavy atom. The molecule has 0 saturated carbocycles. The van der Waals surface area contributed by atoms with Gasteiger partial charge in [0.15, 0.2) is 0 Å².